The van der Waals surface area contributed by atoms with E-state index in [2.05, 4.69) is 7.96 Å². The van der Waals surface area contributed by atoms with E-state index in [9.17, 15) is 8.42 Å². The molecule has 1 aromatic heterocycles. The molecule has 1 aliphatic rings. The molecule has 0 aliphatic carbocycles. The Morgan fingerprint density at radius 3 is 2.78 bits per heavy atom. The Hall–Kier alpha value is -0.791. The third kappa shape index (κ3) is 2.00. The van der Waals surface area contributed by atoms with Crippen LogP contribution in [0.4, 0.5) is 0 Å². The average Bonchev–Trinajstić information content (AvgIpc) is 2.87. The Morgan fingerprint density at radius 1 is 1.22 bits per heavy atom. The van der Waals surface area contributed by atoms with Crippen molar-refractivity contribution >= 4 is 36.0 Å². The Morgan fingerprint density at radius 2 is 2.00 bits per heavy atom. The molecular formula is C10H11N3O3SSe. The van der Waals surface area contributed by atoms with Crippen LogP contribution in [0.15, 0.2) is 23.1 Å². The van der Waals surface area contributed by atoms with Crippen molar-refractivity contribution in [3.8, 4) is 0 Å². The fraction of sp³-hybridized carbons (Fsp3) is 0.400. The summed E-state index contributed by atoms with van der Waals surface area (Å²) in [6.07, 6.45) is 0. The van der Waals surface area contributed by atoms with Crippen molar-refractivity contribution < 1.29 is 13.2 Å². The normalized spacial score (nSPS) is 18.2. The van der Waals surface area contributed by atoms with E-state index in [0.29, 0.717) is 37.3 Å². The van der Waals surface area contributed by atoms with Crippen molar-refractivity contribution in [2.24, 2.45) is 0 Å². The van der Waals surface area contributed by atoms with E-state index in [1.165, 1.54) is 4.31 Å². The number of aromatic nitrogens is 2. The number of morpholine rings is 1. The van der Waals surface area contributed by atoms with E-state index in [4.69, 9.17) is 4.74 Å². The number of fused-ring (bicyclic) bond motifs is 1. The van der Waals surface area contributed by atoms with Gasteiger partial charge >= 0.3 is 111 Å². The van der Waals surface area contributed by atoms with E-state index in [-0.39, 0.29) is 19.9 Å². The zero-order valence-electron chi connectivity index (χ0n) is 9.44. The van der Waals surface area contributed by atoms with Crippen molar-refractivity contribution in [1.82, 2.24) is 12.3 Å². The molecule has 18 heavy (non-hydrogen) atoms. The van der Waals surface area contributed by atoms with Gasteiger partial charge < -0.3 is 0 Å². The fourth-order valence-corrected chi connectivity index (χ4v) is 4.75. The average molecular weight is 332 g/mol. The predicted octanol–water partition coefficient (Wildman–Crippen LogP) is -0.292. The second-order valence-electron chi connectivity index (χ2n) is 3.90. The van der Waals surface area contributed by atoms with Crippen LogP contribution in [0.2, 0.25) is 0 Å². The second-order valence-corrected chi connectivity index (χ2v) is 6.92. The molecular weight excluding hydrogens is 321 g/mol. The summed E-state index contributed by atoms with van der Waals surface area (Å²) in [7, 11) is -3.48. The molecule has 1 aliphatic heterocycles. The van der Waals surface area contributed by atoms with Crippen LogP contribution < -0.4 is 0 Å². The van der Waals surface area contributed by atoms with Gasteiger partial charge in [-0.1, -0.05) is 0 Å². The summed E-state index contributed by atoms with van der Waals surface area (Å²) in [6, 6.07) is 5.11. The van der Waals surface area contributed by atoms with Gasteiger partial charge in [-0.3, -0.25) is 0 Å². The molecule has 8 heteroatoms. The molecule has 0 saturated carbocycles. The van der Waals surface area contributed by atoms with Crippen LogP contribution in [0, 0.1) is 0 Å². The van der Waals surface area contributed by atoms with Crippen LogP contribution in [-0.2, 0) is 14.8 Å². The van der Waals surface area contributed by atoms with E-state index in [1.54, 1.807) is 18.2 Å². The molecule has 0 radical (unpaired) electrons. The summed E-state index contributed by atoms with van der Waals surface area (Å²) in [5.74, 6) is 0. The zero-order valence-corrected chi connectivity index (χ0v) is 12.0. The summed E-state index contributed by atoms with van der Waals surface area (Å²) >= 11 is -0.223. The first-order valence-electron chi connectivity index (χ1n) is 5.49. The summed E-state index contributed by atoms with van der Waals surface area (Å²) < 4.78 is 40.1. The molecule has 1 aromatic carbocycles. The molecule has 0 unspecified atom stereocenters. The van der Waals surface area contributed by atoms with Crippen LogP contribution in [0.3, 0.4) is 0 Å². The molecule has 1 fully saturated rings. The van der Waals surface area contributed by atoms with Gasteiger partial charge in [0.2, 0.25) is 0 Å². The van der Waals surface area contributed by atoms with E-state index < -0.39 is 10.0 Å². The number of hydrogen-bond acceptors (Lipinski definition) is 5. The van der Waals surface area contributed by atoms with Gasteiger partial charge in [0.05, 0.1) is 0 Å². The number of benzene rings is 1. The topological polar surface area (TPSA) is 72.4 Å². The number of ether oxygens (including phenoxy) is 1. The standard InChI is InChI=1S/C10H11N3O3SSe/c14-17(15,13-4-6-16-7-5-13)9-3-1-2-8-10(9)12-18-11-8/h1-3H,4-7H2. The third-order valence-electron chi connectivity index (χ3n) is 2.84. The van der Waals surface area contributed by atoms with E-state index >= 15 is 0 Å². The number of hydrogen-bond donors (Lipinski definition) is 0. The minimum atomic E-state index is -3.48. The summed E-state index contributed by atoms with van der Waals surface area (Å²) in [4.78, 5) is 0.269. The van der Waals surface area contributed by atoms with Gasteiger partial charge in [0.15, 0.2) is 0 Å². The minimum absolute atomic E-state index is 0.223. The summed E-state index contributed by atoms with van der Waals surface area (Å²) in [5, 5.41) is 0. The number of rotatable bonds is 2. The van der Waals surface area contributed by atoms with Crippen molar-refractivity contribution in [3.05, 3.63) is 18.2 Å². The first kappa shape index (κ1) is 12.3. The first-order chi connectivity index (χ1) is 8.69. The number of nitrogens with zero attached hydrogens (tertiary/aromatic N) is 3. The van der Waals surface area contributed by atoms with E-state index in [1.807, 2.05) is 0 Å². The van der Waals surface area contributed by atoms with Crippen LogP contribution in [-0.4, -0.2) is 61.9 Å². The molecule has 0 N–H and O–H groups in total. The second kappa shape index (κ2) is 4.71. The van der Waals surface area contributed by atoms with Gasteiger partial charge in [-0.15, -0.1) is 0 Å². The predicted molar refractivity (Wildman–Crippen MR) is 66.1 cm³/mol. The Kier molecular flexibility index (Phi) is 3.21. The summed E-state index contributed by atoms with van der Waals surface area (Å²) in [5.41, 5.74) is 1.20. The van der Waals surface area contributed by atoms with Crippen molar-refractivity contribution in [3.63, 3.8) is 0 Å². The molecule has 1 saturated heterocycles. The van der Waals surface area contributed by atoms with Gasteiger partial charge in [-0.2, -0.15) is 0 Å². The Bertz CT molecular complexity index is 664. The maximum atomic E-state index is 12.5. The Balaban J connectivity index is 2.10. The third-order valence-corrected chi connectivity index (χ3v) is 5.91. The molecule has 0 amide bonds. The van der Waals surface area contributed by atoms with E-state index in [0.717, 1.165) is 0 Å². The van der Waals surface area contributed by atoms with Gasteiger partial charge in [0.1, 0.15) is 0 Å². The van der Waals surface area contributed by atoms with Gasteiger partial charge in [0.25, 0.3) is 0 Å². The van der Waals surface area contributed by atoms with Crippen LogP contribution in [0.5, 0.6) is 0 Å². The maximum absolute atomic E-state index is 12.5. The van der Waals surface area contributed by atoms with Crippen molar-refractivity contribution in [2.45, 2.75) is 4.90 Å². The van der Waals surface area contributed by atoms with Gasteiger partial charge in [0, 0.05) is 0 Å². The monoisotopic (exact) mass is 333 g/mol. The molecule has 0 bridgehead atoms. The van der Waals surface area contributed by atoms with Crippen LogP contribution >= 0.6 is 0 Å². The van der Waals surface area contributed by atoms with Gasteiger partial charge in [-0.05, 0) is 0 Å². The van der Waals surface area contributed by atoms with Crippen molar-refractivity contribution in [2.75, 3.05) is 26.3 Å². The number of sulfonamides is 1. The van der Waals surface area contributed by atoms with Crippen LogP contribution in [0.1, 0.15) is 0 Å². The van der Waals surface area contributed by atoms with Gasteiger partial charge in [-0.25, -0.2) is 0 Å². The molecule has 96 valence electrons. The SMILES string of the molecule is O=S(=O)(c1cccc2n[se]nc12)N1CCOCC1. The zero-order chi connectivity index (χ0) is 12.6. The Labute approximate surface area is 111 Å². The fourth-order valence-electron chi connectivity index (χ4n) is 1.92. The molecule has 0 spiro atoms. The molecule has 2 aromatic rings. The molecule has 6 nitrogen and oxygen atoms in total. The van der Waals surface area contributed by atoms with Crippen LogP contribution in [0.25, 0.3) is 11.0 Å². The molecule has 3 rings (SSSR count). The quantitative estimate of drug-likeness (QED) is 0.707. The molecule has 2 heterocycles. The molecule has 0 atom stereocenters. The summed E-state index contributed by atoms with van der Waals surface area (Å²) in [6.45, 7) is 1.68. The first-order valence-corrected chi connectivity index (χ1v) is 8.46. The van der Waals surface area contributed by atoms with Crippen molar-refractivity contribution in [1.29, 1.82) is 0 Å².